The standard InChI is InChI=1S/C7H7NO4/c9-5-1-2-8-3-6(5)12-4-7(10)11/h1-3H,4H2,(H,8,9)(H,10,11). The number of ether oxygens (including phenoxy) is 1. The molecule has 0 bridgehead atoms. The Morgan fingerprint density at radius 3 is 3.00 bits per heavy atom. The van der Waals surface area contributed by atoms with Crippen LogP contribution in [0.5, 0.6) is 5.75 Å². The van der Waals surface area contributed by atoms with E-state index in [9.17, 15) is 9.59 Å². The van der Waals surface area contributed by atoms with Crippen LogP contribution in [0.4, 0.5) is 0 Å². The second-order valence-corrected chi connectivity index (χ2v) is 2.06. The van der Waals surface area contributed by atoms with E-state index in [1.54, 1.807) is 0 Å². The van der Waals surface area contributed by atoms with Gasteiger partial charge in [0.2, 0.25) is 5.43 Å². The minimum Gasteiger partial charge on any atom is -0.479 e. The van der Waals surface area contributed by atoms with Crippen LogP contribution >= 0.6 is 0 Å². The highest BCUT2D eigenvalue weighted by Crippen LogP contribution is 1.97. The minimum absolute atomic E-state index is 0.0138. The molecule has 0 amide bonds. The number of aromatic nitrogens is 1. The summed E-state index contributed by atoms with van der Waals surface area (Å²) in [5.74, 6) is -1.10. The summed E-state index contributed by atoms with van der Waals surface area (Å²) >= 11 is 0. The first kappa shape index (κ1) is 8.32. The van der Waals surface area contributed by atoms with Crippen LogP contribution in [0.15, 0.2) is 23.3 Å². The van der Waals surface area contributed by atoms with Crippen LogP contribution in [0.3, 0.4) is 0 Å². The van der Waals surface area contributed by atoms with E-state index in [1.807, 2.05) is 0 Å². The molecule has 1 aromatic rings. The number of carboxylic acids is 1. The second-order valence-electron chi connectivity index (χ2n) is 2.06. The summed E-state index contributed by atoms with van der Waals surface area (Å²) in [5, 5.41) is 8.23. The average Bonchev–Trinajstić information content (AvgIpc) is 2.03. The molecule has 5 nitrogen and oxygen atoms in total. The van der Waals surface area contributed by atoms with Gasteiger partial charge in [-0.2, -0.15) is 0 Å². The maximum absolute atomic E-state index is 10.9. The Kier molecular flexibility index (Phi) is 2.47. The molecule has 1 rings (SSSR count). The van der Waals surface area contributed by atoms with Gasteiger partial charge in [0.25, 0.3) is 0 Å². The monoisotopic (exact) mass is 169 g/mol. The first-order chi connectivity index (χ1) is 5.70. The molecule has 0 fully saturated rings. The van der Waals surface area contributed by atoms with Crippen molar-refractivity contribution in [3.05, 3.63) is 28.7 Å². The van der Waals surface area contributed by atoms with Crippen molar-refractivity contribution in [2.45, 2.75) is 0 Å². The van der Waals surface area contributed by atoms with Crippen molar-refractivity contribution in [2.24, 2.45) is 0 Å². The quantitative estimate of drug-likeness (QED) is 0.658. The zero-order valence-electron chi connectivity index (χ0n) is 6.11. The molecule has 0 aromatic carbocycles. The average molecular weight is 169 g/mol. The molecule has 2 N–H and O–H groups in total. The van der Waals surface area contributed by atoms with Gasteiger partial charge in [0.1, 0.15) is 0 Å². The summed E-state index contributed by atoms with van der Waals surface area (Å²) in [5.41, 5.74) is -0.338. The highest BCUT2D eigenvalue weighted by atomic mass is 16.5. The fourth-order valence-corrected chi connectivity index (χ4v) is 0.653. The third-order valence-electron chi connectivity index (χ3n) is 1.14. The molecule has 0 spiro atoms. The summed E-state index contributed by atoms with van der Waals surface area (Å²) in [6.07, 6.45) is 2.75. The third kappa shape index (κ3) is 2.12. The Balaban J connectivity index is 2.70. The minimum atomic E-state index is -1.11. The van der Waals surface area contributed by atoms with Gasteiger partial charge in [-0.25, -0.2) is 4.79 Å². The van der Waals surface area contributed by atoms with Crippen LogP contribution in [0, 0.1) is 0 Å². The van der Waals surface area contributed by atoms with Crippen molar-refractivity contribution in [3.8, 4) is 5.75 Å². The number of hydrogen-bond acceptors (Lipinski definition) is 3. The van der Waals surface area contributed by atoms with Gasteiger partial charge in [-0.05, 0) is 0 Å². The predicted molar refractivity (Wildman–Crippen MR) is 40.2 cm³/mol. The number of H-pyrrole nitrogens is 1. The van der Waals surface area contributed by atoms with Crippen molar-refractivity contribution in [1.29, 1.82) is 0 Å². The molecular weight excluding hydrogens is 162 g/mol. The summed E-state index contributed by atoms with van der Waals surface area (Å²) in [4.78, 5) is 23.5. The van der Waals surface area contributed by atoms with Gasteiger partial charge >= 0.3 is 5.97 Å². The first-order valence-electron chi connectivity index (χ1n) is 3.22. The van der Waals surface area contributed by atoms with Gasteiger partial charge in [0.05, 0.1) is 0 Å². The van der Waals surface area contributed by atoms with E-state index >= 15 is 0 Å². The number of rotatable bonds is 3. The Morgan fingerprint density at radius 1 is 1.67 bits per heavy atom. The Morgan fingerprint density at radius 2 is 2.42 bits per heavy atom. The molecule has 0 aliphatic rings. The summed E-state index contributed by atoms with van der Waals surface area (Å²) in [6.45, 7) is -0.507. The van der Waals surface area contributed by atoms with E-state index in [0.29, 0.717) is 0 Å². The summed E-state index contributed by atoms with van der Waals surface area (Å²) < 4.78 is 4.65. The van der Waals surface area contributed by atoms with Gasteiger partial charge in [0, 0.05) is 18.5 Å². The molecule has 0 unspecified atom stereocenters. The van der Waals surface area contributed by atoms with Crippen LogP contribution in [0.1, 0.15) is 0 Å². The Hall–Kier alpha value is -1.78. The summed E-state index contributed by atoms with van der Waals surface area (Å²) in [7, 11) is 0. The number of hydrogen-bond donors (Lipinski definition) is 2. The van der Waals surface area contributed by atoms with E-state index in [2.05, 4.69) is 9.72 Å². The largest absolute Gasteiger partial charge is 0.479 e. The van der Waals surface area contributed by atoms with Crippen molar-refractivity contribution >= 4 is 5.97 Å². The molecule has 1 aromatic heterocycles. The number of nitrogens with one attached hydrogen (secondary N) is 1. The maximum Gasteiger partial charge on any atom is 0.341 e. The number of aliphatic carboxylic acids is 1. The fraction of sp³-hybridized carbons (Fsp3) is 0.143. The van der Waals surface area contributed by atoms with Gasteiger partial charge in [-0.3, -0.25) is 4.79 Å². The lowest BCUT2D eigenvalue weighted by atomic mass is 10.4. The van der Waals surface area contributed by atoms with E-state index in [1.165, 1.54) is 18.5 Å². The number of pyridine rings is 1. The molecular formula is C7H7NO4. The Bertz CT molecular complexity index is 330. The van der Waals surface area contributed by atoms with Gasteiger partial charge in [-0.15, -0.1) is 0 Å². The van der Waals surface area contributed by atoms with E-state index in [4.69, 9.17) is 5.11 Å². The Labute approximate surface area is 67.6 Å². The molecule has 0 saturated carbocycles. The lowest BCUT2D eigenvalue weighted by Gasteiger charge is -1.99. The third-order valence-corrected chi connectivity index (χ3v) is 1.14. The van der Waals surface area contributed by atoms with Crippen LogP contribution in [-0.4, -0.2) is 22.7 Å². The molecule has 1 heterocycles. The van der Waals surface area contributed by atoms with Crippen LogP contribution in [0.2, 0.25) is 0 Å². The molecule has 0 radical (unpaired) electrons. The maximum atomic E-state index is 10.9. The number of carbonyl (C=O) groups is 1. The topological polar surface area (TPSA) is 79.4 Å². The molecule has 64 valence electrons. The van der Waals surface area contributed by atoms with Crippen molar-refractivity contribution in [1.82, 2.24) is 4.98 Å². The molecule has 5 heteroatoms. The van der Waals surface area contributed by atoms with Gasteiger partial charge < -0.3 is 14.8 Å². The normalized spacial score (nSPS) is 9.33. The number of aromatic amines is 1. The molecule has 0 aliphatic heterocycles. The lowest BCUT2D eigenvalue weighted by Crippen LogP contribution is -2.14. The molecule has 0 saturated heterocycles. The fourth-order valence-electron chi connectivity index (χ4n) is 0.653. The highest BCUT2D eigenvalue weighted by Gasteiger charge is 2.01. The first-order valence-corrected chi connectivity index (χ1v) is 3.22. The predicted octanol–water partition coefficient (Wildman–Crippen LogP) is -0.162. The van der Waals surface area contributed by atoms with Crippen LogP contribution < -0.4 is 10.2 Å². The smallest absolute Gasteiger partial charge is 0.341 e. The zero-order valence-corrected chi connectivity index (χ0v) is 6.11. The summed E-state index contributed by atoms with van der Waals surface area (Å²) in [6, 6.07) is 1.26. The van der Waals surface area contributed by atoms with Crippen LogP contribution in [-0.2, 0) is 4.79 Å². The van der Waals surface area contributed by atoms with Gasteiger partial charge in [0.15, 0.2) is 12.4 Å². The SMILES string of the molecule is O=C(O)COc1c[nH]ccc1=O. The molecule has 12 heavy (non-hydrogen) atoms. The van der Waals surface area contributed by atoms with E-state index in [-0.39, 0.29) is 11.2 Å². The lowest BCUT2D eigenvalue weighted by molar-refractivity contribution is -0.139. The van der Waals surface area contributed by atoms with Crippen molar-refractivity contribution in [3.63, 3.8) is 0 Å². The number of carboxylic acid groups (broad SMARTS) is 1. The van der Waals surface area contributed by atoms with Crippen LogP contribution in [0.25, 0.3) is 0 Å². The molecule has 0 aliphatic carbocycles. The van der Waals surface area contributed by atoms with Crippen molar-refractivity contribution < 1.29 is 14.6 Å². The zero-order chi connectivity index (χ0) is 8.97. The van der Waals surface area contributed by atoms with Gasteiger partial charge in [-0.1, -0.05) is 0 Å². The van der Waals surface area contributed by atoms with Crippen molar-refractivity contribution in [2.75, 3.05) is 6.61 Å². The molecule has 0 atom stereocenters. The van der Waals surface area contributed by atoms with E-state index < -0.39 is 12.6 Å². The highest BCUT2D eigenvalue weighted by molar-refractivity contribution is 5.68. The van der Waals surface area contributed by atoms with E-state index in [0.717, 1.165) is 0 Å². The second kappa shape index (κ2) is 3.56.